The summed E-state index contributed by atoms with van der Waals surface area (Å²) in [5, 5.41) is 58.8. The number of guanidine groups is 2. The number of nitrogens with one attached hydrogen (secondary N) is 12. The second-order valence-corrected chi connectivity index (χ2v) is 25.2. The van der Waals surface area contributed by atoms with Gasteiger partial charge in [0.1, 0.15) is 66.5 Å². The van der Waals surface area contributed by atoms with E-state index in [1.165, 1.54) is 20.8 Å². The van der Waals surface area contributed by atoms with Crippen LogP contribution in [0.25, 0.3) is 0 Å². The number of aliphatic carboxylic acids is 2. The minimum absolute atomic E-state index is 0.0272. The number of amides is 13. The Labute approximate surface area is 585 Å². The first-order valence-corrected chi connectivity index (χ1v) is 33.1. The fourth-order valence-electron chi connectivity index (χ4n) is 9.56. The smallest absolute Gasteiger partial charge is 0.326 e. The molecule has 101 heavy (non-hydrogen) atoms. The van der Waals surface area contributed by atoms with Crippen LogP contribution in [-0.4, -0.2) is 215 Å². The first-order chi connectivity index (χ1) is 47.3. The maximum atomic E-state index is 14.6. The number of aliphatic hydroxyl groups is 1. The molecule has 0 heterocycles. The van der Waals surface area contributed by atoms with Crippen LogP contribution >= 0.6 is 0 Å². The molecule has 566 valence electrons. The van der Waals surface area contributed by atoms with Crippen molar-refractivity contribution in [2.24, 2.45) is 62.1 Å². The molecular formula is C63H106N20O18. The Morgan fingerprint density at radius 3 is 1.27 bits per heavy atom. The number of carboxylic acids is 2. The highest BCUT2D eigenvalue weighted by Gasteiger charge is 2.37. The maximum absolute atomic E-state index is 14.6. The third kappa shape index (κ3) is 35.9. The van der Waals surface area contributed by atoms with Crippen LogP contribution in [0.15, 0.2) is 40.3 Å². The summed E-state index contributed by atoms with van der Waals surface area (Å²) in [6.07, 6.45) is -2.49. The molecule has 27 N–H and O–H groups in total. The SMILES string of the molecule is CC[C@H](C)[C@H](NC(=O)[C@H](CCCN=C(N)N)NC(=O)[C@H](CCCN=C(N)N)NC(=O)[C@H](CC(C)C)NC(=O)[C@H](CCO)NC(=O)[C@H](CCC(N)=O)NC(=O)[C@H](C)NC(=O)[C@H](CC(C)C)NC(=O)[C@H](C)N)C(=O)NCC(=O)N[C@@H](CC(=O)O)C(=O)N[C@@H](C)C(=O)N[C@@H](Cc1ccccc1)C(=O)O. The number of hydrogen-bond acceptors (Lipinski definition) is 19. The van der Waals surface area contributed by atoms with Gasteiger partial charge in [-0.15, -0.1) is 0 Å². The molecule has 1 aromatic carbocycles. The maximum Gasteiger partial charge on any atom is 0.326 e. The monoisotopic (exact) mass is 1430 g/mol. The van der Waals surface area contributed by atoms with Crippen molar-refractivity contribution < 1.29 is 87.2 Å². The number of hydrogen-bond donors (Lipinski definition) is 21. The molecule has 0 fully saturated rings. The molecular weight excluding hydrogens is 1320 g/mol. The largest absolute Gasteiger partial charge is 0.481 e. The van der Waals surface area contributed by atoms with Crippen molar-refractivity contribution in [1.29, 1.82) is 0 Å². The Kier molecular flexibility index (Phi) is 40.5. The average molecular weight is 1430 g/mol. The van der Waals surface area contributed by atoms with E-state index >= 15 is 0 Å². The quantitative estimate of drug-likeness (QED) is 0.0164. The Balaban J connectivity index is 3.54. The second-order valence-electron chi connectivity index (χ2n) is 25.2. The highest BCUT2D eigenvalue weighted by Crippen LogP contribution is 2.14. The van der Waals surface area contributed by atoms with Gasteiger partial charge in [-0.25, -0.2) is 4.79 Å². The van der Waals surface area contributed by atoms with Crippen LogP contribution in [-0.2, 0) is 78.3 Å². The van der Waals surface area contributed by atoms with Crippen molar-refractivity contribution in [2.75, 3.05) is 26.2 Å². The highest BCUT2D eigenvalue weighted by molar-refractivity contribution is 6.00. The number of rotatable bonds is 48. The molecule has 0 radical (unpaired) electrons. The van der Waals surface area contributed by atoms with Crippen molar-refractivity contribution in [3.63, 3.8) is 0 Å². The average Bonchev–Trinajstić information content (AvgIpc) is 0.865. The molecule has 0 aromatic heterocycles. The van der Waals surface area contributed by atoms with E-state index in [0.717, 1.165) is 0 Å². The minimum Gasteiger partial charge on any atom is -0.481 e. The van der Waals surface area contributed by atoms with Gasteiger partial charge < -0.3 is 114 Å². The van der Waals surface area contributed by atoms with Crippen LogP contribution in [0, 0.1) is 17.8 Å². The van der Waals surface area contributed by atoms with Gasteiger partial charge in [0.2, 0.25) is 76.8 Å². The number of aliphatic hydroxyl groups excluding tert-OH is 1. The van der Waals surface area contributed by atoms with Crippen molar-refractivity contribution in [2.45, 2.75) is 212 Å². The van der Waals surface area contributed by atoms with E-state index in [1.807, 2.05) is 0 Å². The van der Waals surface area contributed by atoms with E-state index < -0.39 is 206 Å². The lowest BCUT2D eigenvalue weighted by molar-refractivity contribution is -0.143. The van der Waals surface area contributed by atoms with Gasteiger partial charge in [-0.05, 0) is 95.5 Å². The van der Waals surface area contributed by atoms with Gasteiger partial charge in [-0.3, -0.25) is 77.1 Å². The zero-order valence-corrected chi connectivity index (χ0v) is 58.7. The molecule has 0 spiro atoms. The van der Waals surface area contributed by atoms with Crippen molar-refractivity contribution in [3.8, 4) is 0 Å². The number of carbonyl (C=O) groups is 15. The summed E-state index contributed by atoms with van der Waals surface area (Å²) in [4.78, 5) is 208. The fraction of sp³-hybridized carbons (Fsp3) is 0.635. The van der Waals surface area contributed by atoms with Gasteiger partial charge in [-0.2, -0.15) is 0 Å². The molecule has 1 aromatic rings. The van der Waals surface area contributed by atoms with Gasteiger partial charge in [0.05, 0.1) is 19.0 Å². The van der Waals surface area contributed by atoms with Gasteiger partial charge in [-0.1, -0.05) is 78.3 Å². The van der Waals surface area contributed by atoms with E-state index in [1.54, 1.807) is 71.9 Å². The van der Waals surface area contributed by atoms with Gasteiger partial charge in [0, 0.05) is 32.5 Å². The molecule has 0 aliphatic heterocycles. The van der Waals surface area contributed by atoms with Crippen LogP contribution in [0.5, 0.6) is 0 Å². The molecule has 0 aliphatic carbocycles. The predicted octanol–water partition coefficient (Wildman–Crippen LogP) is -6.48. The third-order valence-electron chi connectivity index (χ3n) is 15.3. The molecule has 1 rings (SSSR count). The summed E-state index contributed by atoms with van der Waals surface area (Å²) in [6, 6.07) is -8.92. The zero-order chi connectivity index (χ0) is 76.8. The molecule has 13 atom stereocenters. The van der Waals surface area contributed by atoms with E-state index in [4.69, 9.17) is 34.4 Å². The van der Waals surface area contributed by atoms with Gasteiger partial charge >= 0.3 is 11.9 Å². The number of primary amides is 1. The lowest BCUT2D eigenvalue weighted by Gasteiger charge is -2.29. The molecule has 0 saturated carbocycles. The van der Waals surface area contributed by atoms with Crippen LogP contribution in [0.1, 0.15) is 139 Å². The normalized spacial score (nSPS) is 14.9. The lowest BCUT2D eigenvalue weighted by atomic mass is 9.97. The topological polar surface area (TPSA) is 642 Å². The third-order valence-corrected chi connectivity index (χ3v) is 15.3. The molecule has 0 saturated heterocycles. The van der Waals surface area contributed by atoms with Crippen LogP contribution in [0.3, 0.4) is 0 Å². The van der Waals surface area contributed by atoms with Crippen molar-refractivity contribution >= 4 is 101 Å². The minimum atomic E-state index is -1.83. The molecule has 38 nitrogen and oxygen atoms in total. The molecule has 0 bridgehead atoms. The van der Waals surface area contributed by atoms with Crippen LogP contribution < -0.4 is 98.2 Å². The summed E-state index contributed by atoms with van der Waals surface area (Å²) in [6.45, 7) is 12.4. The summed E-state index contributed by atoms with van der Waals surface area (Å²) in [5.41, 5.74) is 33.8. The van der Waals surface area contributed by atoms with Crippen LogP contribution in [0.4, 0.5) is 0 Å². The van der Waals surface area contributed by atoms with Crippen molar-refractivity contribution in [3.05, 3.63) is 35.9 Å². The number of aliphatic imine (C=N–C) groups is 2. The molecule has 13 amide bonds. The predicted molar refractivity (Wildman–Crippen MR) is 368 cm³/mol. The van der Waals surface area contributed by atoms with Crippen molar-refractivity contribution in [1.82, 2.24) is 63.8 Å². The Morgan fingerprint density at radius 2 is 0.851 bits per heavy atom. The van der Waals surface area contributed by atoms with E-state index in [2.05, 4.69) is 73.8 Å². The number of nitrogens with two attached hydrogens (primary N) is 6. The fourth-order valence-corrected chi connectivity index (χ4v) is 9.56. The summed E-state index contributed by atoms with van der Waals surface area (Å²) in [7, 11) is 0. The molecule has 0 aliphatic rings. The summed E-state index contributed by atoms with van der Waals surface area (Å²) in [5.74, 6) is -17.0. The number of carboxylic acid groups (broad SMARTS) is 2. The van der Waals surface area contributed by atoms with E-state index in [9.17, 15) is 87.2 Å². The lowest BCUT2D eigenvalue weighted by Crippen LogP contribution is -2.61. The highest BCUT2D eigenvalue weighted by atomic mass is 16.4. The Morgan fingerprint density at radius 1 is 0.455 bits per heavy atom. The number of carbonyl (C=O) groups excluding carboxylic acids is 13. The van der Waals surface area contributed by atoms with Gasteiger partial charge in [0.25, 0.3) is 0 Å². The number of benzene rings is 1. The Hall–Kier alpha value is -10.3. The molecule has 0 unspecified atom stereocenters. The second kappa shape index (κ2) is 46.1. The van der Waals surface area contributed by atoms with E-state index in [0.29, 0.717) is 5.56 Å². The summed E-state index contributed by atoms with van der Waals surface area (Å²) >= 11 is 0. The number of nitrogens with zero attached hydrogens (tertiary/aromatic N) is 2. The summed E-state index contributed by atoms with van der Waals surface area (Å²) < 4.78 is 0. The van der Waals surface area contributed by atoms with Gasteiger partial charge in [0.15, 0.2) is 11.9 Å². The first-order valence-electron chi connectivity index (χ1n) is 33.1. The first kappa shape index (κ1) is 88.7. The molecule has 38 heteroatoms. The Bertz CT molecular complexity index is 3040. The standard InChI is InChI=1S/C63H106N20O18/c1-10-33(6)49(60(99)72-30-47(86)75-44(29-48(87)88)58(97)74-36(9)52(91)82-45(61(100)101)28-37-16-12-11-13-17-37)83-56(95)39(19-15-24-71-63(68)69)77-53(92)38(18-14-23-70-62(66)67)78-59(98)43(27-32(4)5)81-55(94)41(22-25-84)79-54(93)40(20-21-46(65)85)76-51(90)35(8)73-57(96)42(26-31(2)3)80-50(89)34(7)64/h11-13,16-17,31-36,38-45,49,84H,10,14-15,18-30,64H2,1-9H3,(H2,65,85)(H,72,99)(H,73,96)(H,74,97)(H,75,86)(H,76,90)(H,77,92)(H,78,98)(H,79,93)(H,80,89)(H,81,94)(H,82,91)(H,83,95)(H,87,88)(H,100,101)(H4,66,67,70)(H4,68,69,71)/t33-,34-,35-,36-,38-,39-,40-,41-,42-,43-,44-,45-,49-/m0/s1. The van der Waals surface area contributed by atoms with Crippen LogP contribution in [0.2, 0.25) is 0 Å². The zero-order valence-electron chi connectivity index (χ0n) is 58.7. The van der Waals surface area contributed by atoms with E-state index in [-0.39, 0.29) is 88.2 Å².